The van der Waals surface area contributed by atoms with Crippen molar-refractivity contribution in [1.82, 2.24) is 4.67 Å². The number of hydrogen-bond donors (Lipinski definition) is 1. The zero-order chi connectivity index (χ0) is 16.7. The number of nitriles is 1. The van der Waals surface area contributed by atoms with Gasteiger partial charge in [0.2, 0.25) is 1.43 Å². The average Bonchev–Trinajstić information content (AvgIpc) is 2.75. The van der Waals surface area contributed by atoms with Crippen LogP contribution in [0.4, 0.5) is 0 Å². The third-order valence-corrected chi connectivity index (χ3v) is 5.73. The Bertz CT molecular complexity index is 360. The molecule has 1 fully saturated rings. The Balaban J connectivity index is 2.80. The van der Waals surface area contributed by atoms with E-state index in [2.05, 4.69) is 43.5 Å². The van der Waals surface area contributed by atoms with Crippen LogP contribution in [0.5, 0.6) is 0 Å². The van der Waals surface area contributed by atoms with Crippen LogP contribution in [0.15, 0.2) is 0 Å². The van der Waals surface area contributed by atoms with Crippen LogP contribution in [0.2, 0.25) is 0 Å². The van der Waals surface area contributed by atoms with Gasteiger partial charge >= 0.3 is 0 Å². The molecule has 1 aliphatic rings. The summed E-state index contributed by atoms with van der Waals surface area (Å²) >= 11 is 0. The summed E-state index contributed by atoms with van der Waals surface area (Å²) in [4.78, 5) is 0. The molecule has 0 amide bonds. The van der Waals surface area contributed by atoms with Gasteiger partial charge in [-0.15, -0.1) is 0 Å². The molecule has 0 aromatic rings. The Hall–Kier alpha value is -0.240. The molecule has 6 heteroatoms. The van der Waals surface area contributed by atoms with Crippen LogP contribution in [0.3, 0.4) is 0 Å². The smallest absolute Gasteiger partial charge is 0.210 e. The maximum atomic E-state index is 8.90. The average molecular weight is 306 g/mol. The van der Waals surface area contributed by atoms with Gasteiger partial charge in [0.05, 0.1) is 20.2 Å². The van der Waals surface area contributed by atoms with Crippen molar-refractivity contribution in [3.8, 4) is 6.07 Å². The molecule has 0 aromatic heterocycles. The summed E-state index contributed by atoms with van der Waals surface area (Å²) in [5, 5.41) is 13.3. The minimum atomic E-state index is -0.946. The molecule has 1 heterocycles. The fourth-order valence-electron chi connectivity index (χ4n) is 2.41. The number of ether oxygens (including phenoxy) is 1. The number of rotatable bonds is 9. The second-order valence-electron chi connectivity index (χ2n) is 5.44. The highest BCUT2D eigenvalue weighted by molar-refractivity contribution is 7.50. The van der Waals surface area contributed by atoms with Crippen molar-refractivity contribution >= 4 is 8.30 Å². The van der Waals surface area contributed by atoms with E-state index in [1.165, 1.54) is 0 Å². The van der Waals surface area contributed by atoms with Crippen molar-refractivity contribution in [2.75, 3.05) is 19.4 Å². The minimum absolute atomic E-state index is 0.102. The lowest BCUT2D eigenvalue weighted by atomic mass is 10.2. The second-order valence-corrected chi connectivity index (χ2v) is 7.26. The van der Waals surface area contributed by atoms with Crippen LogP contribution >= 0.6 is 8.30 Å². The zero-order valence-corrected chi connectivity index (χ0v) is 13.7. The zero-order valence-electron chi connectivity index (χ0n) is 14.8. The van der Waals surface area contributed by atoms with E-state index in [0.717, 1.165) is 0 Å². The maximum Gasteiger partial charge on any atom is 0.210 e. The van der Waals surface area contributed by atoms with Gasteiger partial charge in [-0.05, 0) is 34.1 Å². The van der Waals surface area contributed by atoms with Crippen molar-refractivity contribution in [2.45, 2.75) is 64.8 Å². The molecule has 0 saturated carbocycles. The molecular formula is C14H27N2O3P. The van der Waals surface area contributed by atoms with Crippen molar-refractivity contribution in [3.05, 3.63) is 0 Å². The molecule has 2 unspecified atom stereocenters. The summed E-state index contributed by atoms with van der Waals surface area (Å²) in [5.41, 5.74) is 0. The van der Waals surface area contributed by atoms with Crippen LogP contribution in [0.1, 0.15) is 41.9 Å². The molecule has 116 valence electrons. The highest BCUT2D eigenvalue weighted by Crippen LogP contribution is 2.47. The maximum absolute atomic E-state index is 8.90. The quantitative estimate of drug-likeness (QED) is 0.663. The largest absolute Gasteiger partial charge is 0.394 e. The summed E-state index contributed by atoms with van der Waals surface area (Å²) in [6, 6.07) is 2.81. The third-order valence-electron chi connectivity index (χ3n) is 3.17. The van der Waals surface area contributed by atoms with Crippen LogP contribution in [0.25, 0.3) is 0 Å². The van der Waals surface area contributed by atoms with E-state index >= 15 is 0 Å². The molecule has 4 atom stereocenters. The van der Waals surface area contributed by atoms with Gasteiger partial charge in [0.25, 0.3) is 0 Å². The molecule has 0 spiro atoms. The van der Waals surface area contributed by atoms with Crippen LogP contribution < -0.4 is 0 Å². The normalized spacial score (nSPS) is 29.6. The summed E-state index contributed by atoms with van der Waals surface area (Å²) in [5.74, 6) is 0. The molecule has 1 N–H and O–H groups in total. The monoisotopic (exact) mass is 306 g/mol. The van der Waals surface area contributed by atoms with Gasteiger partial charge in [-0.2, -0.15) is 5.26 Å². The first kappa shape index (κ1) is 14.7. The van der Waals surface area contributed by atoms with Gasteiger partial charge in [-0.3, -0.25) is 4.67 Å². The van der Waals surface area contributed by atoms with E-state index in [9.17, 15) is 0 Å². The molecule has 20 heavy (non-hydrogen) atoms. The fourth-order valence-corrected chi connectivity index (χ4v) is 4.71. The Morgan fingerprint density at radius 1 is 1.55 bits per heavy atom. The van der Waals surface area contributed by atoms with Crippen LogP contribution in [-0.4, -0.2) is 54.9 Å². The van der Waals surface area contributed by atoms with Gasteiger partial charge in [0.15, 0.2) is 0 Å². The Morgan fingerprint density at radius 3 is 2.80 bits per heavy atom. The van der Waals surface area contributed by atoms with Crippen molar-refractivity contribution in [2.24, 2.45) is 0 Å². The van der Waals surface area contributed by atoms with Crippen molar-refractivity contribution < 1.29 is 15.7 Å². The SMILES string of the molecule is [3H]OC[C@H]1OC([3H])C[C@H]1OP(CCC#N)N(C(C)C)C(C)C. The lowest BCUT2D eigenvalue weighted by molar-refractivity contribution is 0.0132. The predicted octanol–water partition coefficient (Wildman–Crippen LogP) is 2.50. The second kappa shape index (κ2) is 8.92. The van der Waals surface area contributed by atoms with Gasteiger partial charge in [0.1, 0.15) is 14.4 Å². The Labute approximate surface area is 126 Å². The Morgan fingerprint density at radius 2 is 2.25 bits per heavy atom. The number of nitrogens with zero attached hydrogens (tertiary/aromatic N) is 2. The predicted molar refractivity (Wildman–Crippen MR) is 80.4 cm³/mol. The number of aliphatic hydroxyl groups excluding tert-OH is 1. The number of hydrogen-bond acceptors (Lipinski definition) is 5. The molecule has 1 aliphatic heterocycles. The van der Waals surface area contributed by atoms with Crippen LogP contribution in [-0.2, 0) is 9.26 Å². The fraction of sp³-hybridized carbons (Fsp3) is 0.929. The molecular weight excluding hydrogens is 275 g/mol. The summed E-state index contributed by atoms with van der Waals surface area (Å²) in [6.45, 7) is 7.94. The molecule has 0 aromatic carbocycles. The molecule has 1 rings (SSSR count). The minimum Gasteiger partial charge on any atom is -0.394 e. The van der Waals surface area contributed by atoms with E-state index in [4.69, 9.17) is 17.3 Å². The van der Waals surface area contributed by atoms with E-state index in [-0.39, 0.29) is 18.8 Å². The molecule has 0 aliphatic carbocycles. The summed E-state index contributed by atoms with van der Waals surface area (Å²) < 4.78 is 28.6. The van der Waals surface area contributed by atoms with E-state index in [1.54, 1.807) is 0 Å². The van der Waals surface area contributed by atoms with Crippen molar-refractivity contribution in [3.63, 3.8) is 0 Å². The van der Waals surface area contributed by atoms with E-state index < -0.39 is 14.9 Å². The van der Waals surface area contributed by atoms with Gasteiger partial charge in [-0.1, -0.05) is 0 Å². The van der Waals surface area contributed by atoms with Crippen LogP contribution in [0, 0.1) is 11.3 Å². The molecule has 1 saturated heterocycles. The first-order valence-electron chi connectivity index (χ1n) is 8.14. The van der Waals surface area contributed by atoms with Gasteiger partial charge in [0, 0.05) is 31.2 Å². The molecule has 5 nitrogen and oxygen atoms in total. The summed E-state index contributed by atoms with van der Waals surface area (Å²) in [7, 11) is -0.946. The highest BCUT2D eigenvalue weighted by Gasteiger charge is 2.34. The van der Waals surface area contributed by atoms with Gasteiger partial charge in [-0.25, -0.2) is 0 Å². The topological polar surface area (TPSA) is 65.7 Å². The Kier molecular flexibility index (Phi) is 6.55. The number of aliphatic hydroxyl groups is 1. The molecule has 0 radical (unpaired) electrons. The van der Waals surface area contributed by atoms with E-state index in [0.29, 0.717) is 31.1 Å². The lowest BCUT2D eigenvalue weighted by Crippen LogP contribution is -2.36. The third kappa shape index (κ3) is 4.95. The lowest BCUT2D eigenvalue weighted by Gasteiger charge is -2.38. The van der Waals surface area contributed by atoms with E-state index in [1.807, 2.05) is 0 Å². The van der Waals surface area contributed by atoms with Gasteiger partial charge < -0.3 is 14.4 Å². The standard InChI is InChI=1S/C14H27N2O3P/c1-11(2)16(12(3)4)20(9-5-7-15)19-13-6-8-18-14(13)10-17/h11-14,17H,5-6,8-10H2,1-4H3/t13-,14-,20?/m1/s1/i8T,17T/t8?,13-,14-,20?. The highest BCUT2D eigenvalue weighted by atomic mass is 31.2. The first-order valence-corrected chi connectivity index (χ1v) is 8.55. The first-order chi connectivity index (χ1) is 10.4. The van der Waals surface area contributed by atoms with Crippen molar-refractivity contribution in [1.29, 1.82) is 6.69 Å². The summed E-state index contributed by atoms with van der Waals surface area (Å²) in [6.07, 6.45) is 0.962. The molecule has 0 bridgehead atoms.